The van der Waals surface area contributed by atoms with E-state index in [0.717, 1.165) is 19.4 Å². The molecule has 0 N–H and O–H groups in total. The fraction of sp³-hybridized carbons (Fsp3) is 0.500. The zero-order valence-electron chi connectivity index (χ0n) is 7.41. The van der Waals surface area contributed by atoms with E-state index in [1.165, 1.54) is 9.45 Å². The van der Waals surface area contributed by atoms with E-state index in [9.17, 15) is 0 Å². The van der Waals surface area contributed by atoms with Crippen molar-refractivity contribution in [2.75, 3.05) is 13.7 Å². The predicted octanol–water partition coefficient (Wildman–Crippen LogP) is 3.52. The van der Waals surface area contributed by atoms with E-state index >= 15 is 0 Å². The van der Waals surface area contributed by atoms with Crippen LogP contribution in [0.1, 0.15) is 12.8 Å². The van der Waals surface area contributed by atoms with E-state index in [1.54, 1.807) is 7.11 Å². The molecule has 0 heterocycles. The first-order valence-electron chi connectivity index (χ1n) is 3.43. The molecule has 0 aliphatic heterocycles. The Morgan fingerprint density at radius 2 is 2.00 bits per heavy atom. The second kappa shape index (κ2) is 11.7. The molecule has 1 rings (SSSR count). The van der Waals surface area contributed by atoms with Crippen molar-refractivity contribution in [3.8, 4) is 0 Å². The Bertz CT molecular complexity index is 180. The molecule has 13 heavy (non-hydrogen) atoms. The number of rotatable bonds is 3. The topological polar surface area (TPSA) is 9.23 Å². The van der Waals surface area contributed by atoms with Gasteiger partial charge in [0.15, 0.2) is 0 Å². The summed E-state index contributed by atoms with van der Waals surface area (Å²) in [5, 5.41) is 0. The molecule has 0 spiro atoms. The number of hydrogen-bond donors (Lipinski definition) is 0. The van der Waals surface area contributed by atoms with Crippen molar-refractivity contribution in [3.63, 3.8) is 0 Å². The third kappa shape index (κ3) is 7.51. The van der Waals surface area contributed by atoms with Gasteiger partial charge < -0.3 is 0 Å². The molecule has 0 saturated heterocycles. The van der Waals surface area contributed by atoms with Crippen molar-refractivity contribution < 1.29 is 25.2 Å². The van der Waals surface area contributed by atoms with Crippen molar-refractivity contribution in [2.45, 2.75) is 12.8 Å². The summed E-state index contributed by atoms with van der Waals surface area (Å²) in [6.45, 7) is 0.844. The van der Waals surface area contributed by atoms with E-state index in [4.69, 9.17) is 4.74 Å². The van der Waals surface area contributed by atoms with Gasteiger partial charge in [-0.05, 0) is 0 Å². The fourth-order valence-corrected chi connectivity index (χ4v) is 1.51. The number of allylic oxidation sites excluding steroid dienone is 3. The minimum absolute atomic E-state index is 0. The summed E-state index contributed by atoms with van der Waals surface area (Å²) in [5.74, 6) is 0. The molecule has 0 aromatic rings. The van der Waals surface area contributed by atoms with Crippen molar-refractivity contribution in [2.24, 2.45) is 0 Å². The quantitative estimate of drug-likeness (QED) is 0.643. The van der Waals surface area contributed by atoms with Crippen LogP contribution in [0.2, 0.25) is 0 Å². The maximum absolute atomic E-state index is 4.98. The Balaban J connectivity index is -0.000000333. The Morgan fingerprint density at radius 3 is 2.38 bits per heavy atom. The van der Waals surface area contributed by atoms with Crippen LogP contribution in [0.3, 0.4) is 0 Å². The molecule has 0 aromatic carbocycles. The van der Waals surface area contributed by atoms with Crippen molar-refractivity contribution in [3.05, 3.63) is 21.6 Å². The van der Waals surface area contributed by atoms with Gasteiger partial charge in [-0.1, -0.05) is 0 Å². The van der Waals surface area contributed by atoms with Crippen LogP contribution in [-0.2, 0) is 25.2 Å². The molecule has 0 amide bonds. The molecule has 0 radical (unpaired) electrons. The van der Waals surface area contributed by atoms with Crippen LogP contribution in [0.15, 0.2) is 21.6 Å². The zero-order chi connectivity index (χ0) is 7.40. The molecule has 1 aliphatic rings. The van der Waals surface area contributed by atoms with Crippen LogP contribution in [-0.4, -0.2) is 13.7 Å². The van der Waals surface area contributed by atoms with E-state index in [1.807, 2.05) is 0 Å². The molecule has 0 bridgehead atoms. The Morgan fingerprint density at radius 1 is 1.38 bits per heavy atom. The summed E-state index contributed by atoms with van der Waals surface area (Å²) in [4.78, 5) is 0. The van der Waals surface area contributed by atoms with Crippen LogP contribution < -0.4 is 0 Å². The first-order valence-corrected chi connectivity index (χ1v) is 4.22. The molecular formula is C8H14Br3OTi. The predicted molar refractivity (Wildman–Crippen MR) is 68.2 cm³/mol. The Kier molecular flexibility index (Phi) is 18.0. The normalized spacial score (nSPS) is 12.9. The van der Waals surface area contributed by atoms with Crippen LogP contribution in [0.4, 0.5) is 0 Å². The Labute approximate surface area is 123 Å². The van der Waals surface area contributed by atoms with Gasteiger partial charge in [0.2, 0.25) is 0 Å². The summed E-state index contributed by atoms with van der Waals surface area (Å²) >= 11 is 2.19. The second-order valence-electron chi connectivity index (χ2n) is 2.35. The molecule has 0 saturated carbocycles. The maximum atomic E-state index is 4.98. The minimum atomic E-state index is 0. The van der Waals surface area contributed by atoms with Gasteiger partial charge in [-0.25, -0.2) is 0 Å². The number of hydrogen-bond acceptors (Lipinski definition) is 1. The molecule has 5 heteroatoms. The zero-order valence-corrected chi connectivity index (χ0v) is 14.1. The summed E-state index contributed by atoms with van der Waals surface area (Å²) in [6.07, 6.45) is 6.62. The molecule has 0 atom stereocenters. The SMILES string of the molecule is Br.Br.Br.COCCC1=[C]([Ti])CC=C1. The van der Waals surface area contributed by atoms with Gasteiger partial charge in [-0.2, -0.15) is 0 Å². The van der Waals surface area contributed by atoms with Crippen molar-refractivity contribution in [1.29, 1.82) is 0 Å². The third-order valence-electron chi connectivity index (χ3n) is 1.60. The number of methoxy groups -OCH3 is 1. The average molecular weight is 414 g/mol. The van der Waals surface area contributed by atoms with Crippen LogP contribution in [0, 0.1) is 0 Å². The summed E-state index contributed by atoms with van der Waals surface area (Å²) < 4.78 is 6.48. The van der Waals surface area contributed by atoms with Gasteiger partial charge in [0.1, 0.15) is 0 Å². The summed E-state index contributed by atoms with van der Waals surface area (Å²) in [5.41, 5.74) is 1.46. The van der Waals surface area contributed by atoms with Gasteiger partial charge >= 0.3 is 73.3 Å². The fourth-order valence-electron chi connectivity index (χ4n) is 0.997. The molecule has 0 fully saturated rings. The van der Waals surface area contributed by atoms with Gasteiger partial charge in [0, 0.05) is 0 Å². The second-order valence-corrected chi connectivity index (χ2v) is 3.30. The van der Waals surface area contributed by atoms with E-state index < -0.39 is 0 Å². The van der Waals surface area contributed by atoms with Gasteiger partial charge in [-0.15, -0.1) is 50.9 Å². The van der Waals surface area contributed by atoms with Gasteiger partial charge in [-0.3, -0.25) is 0 Å². The standard InChI is InChI=1S/C8H11O.3BrH.Ti/c1-9-7-6-8-4-2-3-5-8;;;;/h2,4H,3,6-7H2,1H3;3*1H;. The van der Waals surface area contributed by atoms with Crippen LogP contribution in [0.25, 0.3) is 0 Å². The third-order valence-corrected chi connectivity index (χ3v) is 2.42. The summed E-state index contributed by atoms with van der Waals surface area (Å²) in [7, 11) is 1.74. The molecule has 1 aliphatic carbocycles. The van der Waals surface area contributed by atoms with Crippen LogP contribution >= 0.6 is 50.9 Å². The Hall–Kier alpha value is 1.59. The van der Waals surface area contributed by atoms with Crippen molar-refractivity contribution in [1.82, 2.24) is 0 Å². The summed E-state index contributed by atoms with van der Waals surface area (Å²) in [6, 6.07) is 0. The molecular weight excluding hydrogens is 400 g/mol. The molecule has 77 valence electrons. The number of ether oxygens (including phenoxy) is 1. The van der Waals surface area contributed by atoms with E-state index in [2.05, 4.69) is 32.6 Å². The van der Waals surface area contributed by atoms with Crippen molar-refractivity contribution >= 4 is 50.9 Å². The van der Waals surface area contributed by atoms with Crippen LogP contribution in [0.5, 0.6) is 0 Å². The number of halogens is 3. The molecule has 0 aromatic heterocycles. The first-order chi connectivity index (χ1) is 4.84. The molecule has 0 unspecified atom stereocenters. The van der Waals surface area contributed by atoms with Gasteiger partial charge in [0.25, 0.3) is 0 Å². The first kappa shape index (κ1) is 20.1. The average Bonchev–Trinajstić information content (AvgIpc) is 2.31. The van der Waals surface area contributed by atoms with E-state index in [0.29, 0.717) is 0 Å². The monoisotopic (exact) mass is 411 g/mol. The molecule has 1 nitrogen and oxygen atoms in total. The van der Waals surface area contributed by atoms with Gasteiger partial charge in [0.05, 0.1) is 0 Å². The van der Waals surface area contributed by atoms with E-state index in [-0.39, 0.29) is 50.9 Å².